The minimum atomic E-state index is -2.36. The lowest BCUT2D eigenvalue weighted by Gasteiger charge is -2.32. The smallest absolute Gasteiger partial charge is 0.519 e. The maximum absolute atomic E-state index is 14.5. The predicted molar refractivity (Wildman–Crippen MR) is 157 cm³/mol. The van der Waals surface area contributed by atoms with E-state index in [0.717, 1.165) is 6.42 Å². The van der Waals surface area contributed by atoms with E-state index < -0.39 is 19.2 Å². The van der Waals surface area contributed by atoms with Gasteiger partial charge in [0.25, 0.3) is 5.91 Å². The highest BCUT2D eigenvalue weighted by Crippen LogP contribution is 2.62. The number of likely N-dealkylation sites (tertiary alicyclic amines) is 2. The van der Waals surface area contributed by atoms with Gasteiger partial charge in [-0.15, -0.1) is 0 Å². The van der Waals surface area contributed by atoms with Gasteiger partial charge in [-0.3, -0.25) is 4.79 Å². The highest BCUT2D eigenvalue weighted by Gasteiger charge is 2.59. The summed E-state index contributed by atoms with van der Waals surface area (Å²) in [5, 5.41) is 3.57. The molecule has 4 aromatic rings. The van der Waals surface area contributed by atoms with Crippen molar-refractivity contribution in [1.82, 2.24) is 9.80 Å². The van der Waals surface area contributed by atoms with Crippen molar-refractivity contribution in [2.24, 2.45) is 0 Å². The van der Waals surface area contributed by atoms with E-state index in [2.05, 4.69) is 72.8 Å². The van der Waals surface area contributed by atoms with E-state index in [1.54, 1.807) is 11.8 Å². The molecule has 0 aliphatic carbocycles. The van der Waals surface area contributed by atoms with Crippen molar-refractivity contribution < 1.29 is 40.1 Å². The van der Waals surface area contributed by atoms with E-state index in [1.807, 2.05) is 23.1 Å². The summed E-state index contributed by atoms with van der Waals surface area (Å²) < 4.78 is 15.2. The molecule has 6 rings (SSSR count). The van der Waals surface area contributed by atoms with Crippen LogP contribution in [0.25, 0.3) is 0 Å². The van der Waals surface area contributed by atoms with E-state index in [4.69, 9.17) is 13.6 Å². The number of hydrogen-bond donors (Lipinski definition) is 0. The fraction of sp³-hybridized carbons (Fsp3) is 0.281. The molecule has 1 aromatic heterocycles. The minimum Gasteiger partial charge on any atom is -1.00 e. The summed E-state index contributed by atoms with van der Waals surface area (Å²) in [5.41, 5.74) is -0.206. The molecular weight excluding hydrogens is 619 g/mol. The highest BCUT2D eigenvalue weighted by molar-refractivity contribution is 7.96. The summed E-state index contributed by atoms with van der Waals surface area (Å²) in [7, 11) is -2.36. The Kier molecular flexibility index (Phi) is 8.99. The zero-order valence-corrected chi connectivity index (χ0v) is 25.7. The second-order valence-corrected chi connectivity index (χ2v) is 14.1. The molecule has 2 aliphatic rings. The fourth-order valence-electron chi connectivity index (χ4n) is 6.27. The molecule has 0 unspecified atom stereocenters. The monoisotopic (exact) mass is 650 g/mol. The molecule has 2 saturated heterocycles. The number of ether oxygens (including phenoxy) is 1. The van der Waals surface area contributed by atoms with Crippen molar-refractivity contribution in [3.63, 3.8) is 0 Å². The number of benzene rings is 3. The van der Waals surface area contributed by atoms with Gasteiger partial charge in [0.15, 0.2) is 23.8 Å². The van der Waals surface area contributed by atoms with Gasteiger partial charge in [0.2, 0.25) is 0 Å². The van der Waals surface area contributed by atoms with Crippen molar-refractivity contribution in [3.05, 3.63) is 113 Å². The SMILES string of the molecule is Cc1oc(=O)oc1COC(=O)N1CC[C@@H](N2CC[C@@H]([P+](c3ccccc3)(c3ccccc3)c3ccccc3)C2=O)C1.[Br-]. The van der Waals surface area contributed by atoms with Crippen LogP contribution in [0.1, 0.15) is 24.4 Å². The molecule has 2 fully saturated rings. The second-order valence-electron chi connectivity index (χ2n) is 10.4. The number of carbonyl (C=O) groups is 2. The molecule has 42 heavy (non-hydrogen) atoms. The molecular formula is C32H32BrN2O6P. The summed E-state index contributed by atoms with van der Waals surface area (Å²) in [4.78, 5) is 42.2. The molecule has 8 nitrogen and oxygen atoms in total. The van der Waals surface area contributed by atoms with Gasteiger partial charge in [-0.1, -0.05) is 54.6 Å². The van der Waals surface area contributed by atoms with Crippen molar-refractivity contribution in [2.75, 3.05) is 19.6 Å². The molecule has 0 spiro atoms. The molecule has 0 saturated carbocycles. The van der Waals surface area contributed by atoms with Gasteiger partial charge in [-0.25, -0.2) is 9.59 Å². The van der Waals surface area contributed by atoms with E-state index in [9.17, 15) is 14.4 Å². The van der Waals surface area contributed by atoms with Crippen molar-refractivity contribution in [2.45, 2.75) is 38.1 Å². The summed E-state index contributed by atoms with van der Waals surface area (Å²) in [6.07, 6.45) is 0.921. The fourth-order valence-corrected chi connectivity index (χ4v) is 11.2. The van der Waals surface area contributed by atoms with Crippen LogP contribution in [0, 0.1) is 6.92 Å². The Morgan fingerprint density at radius 3 is 1.88 bits per heavy atom. The molecule has 2 aliphatic heterocycles. The largest absolute Gasteiger partial charge is 1.00 e. The number of rotatable bonds is 7. The van der Waals surface area contributed by atoms with Crippen LogP contribution in [-0.2, 0) is 16.1 Å². The summed E-state index contributed by atoms with van der Waals surface area (Å²) in [6, 6.07) is 31.3. The van der Waals surface area contributed by atoms with Crippen LogP contribution < -0.4 is 38.7 Å². The Morgan fingerprint density at radius 2 is 1.38 bits per heavy atom. The number of amides is 2. The molecule has 2 atom stereocenters. The van der Waals surface area contributed by atoms with E-state index in [0.29, 0.717) is 26.1 Å². The number of aryl methyl sites for hydroxylation is 1. The first-order chi connectivity index (χ1) is 20.0. The lowest BCUT2D eigenvalue weighted by molar-refractivity contribution is -0.129. The summed E-state index contributed by atoms with van der Waals surface area (Å²) in [5.74, 6) is -0.194. The number of carbonyl (C=O) groups excluding carboxylic acids is 2. The standard InChI is InChI=1S/C32H32N2O6P.BrH/c1-23-28(40-32(37)39-23)22-38-31(36)33-19-17-24(21-33)34-20-18-29(30(34)35)41(25-11-5-2-6-12-25,26-13-7-3-8-14-26)27-15-9-4-10-16-27;/h2-16,24,29H,17-22H2,1H3;1H/q+1;/p-1/t24-,29-;/m1./s1. The summed E-state index contributed by atoms with van der Waals surface area (Å²) in [6.45, 7) is 2.94. The zero-order valence-electron chi connectivity index (χ0n) is 23.2. The third-order valence-corrected chi connectivity index (χ3v) is 12.9. The maximum Gasteiger partial charge on any atom is 0.519 e. The number of nitrogens with zero attached hydrogens (tertiary/aromatic N) is 2. The molecule has 2 amide bonds. The maximum atomic E-state index is 14.5. The van der Waals surface area contributed by atoms with Gasteiger partial charge < -0.3 is 40.4 Å². The highest BCUT2D eigenvalue weighted by atomic mass is 79.9. The van der Waals surface area contributed by atoms with Gasteiger partial charge in [0, 0.05) is 26.1 Å². The lowest BCUT2D eigenvalue weighted by atomic mass is 10.2. The average Bonchev–Trinajstić information content (AvgIpc) is 3.73. The van der Waals surface area contributed by atoms with Crippen LogP contribution in [0.15, 0.2) is 105 Å². The Balaban J connectivity index is 0.00000353. The van der Waals surface area contributed by atoms with Crippen LogP contribution in [0.3, 0.4) is 0 Å². The lowest BCUT2D eigenvalue weighted by Crippen LogP contribution is -3.00. The van der Waals surface area contributed by atoms with E-state index in [1.165, 1.54) is 15.9 Å². The Labute approximate surface area is 255 Å². The number of hydrogen-bond acceptors (Lipinski definition) is 6. The van der Waals surface area contributed by atoms with Gasteiger partial charge in [-0.2, -0.15) is 0 Å². The van der Waals surface area contributed by atoms with Gasteiger partial charge >= 0.3 is 11.9 Å². The second kappa shape index (κ2) is 12.7. The van der Waals surface area contributed by atoms with Crippen LogP contribution >= 0.6 is 7.26 Å². The van der Waals surface area contributed by atoms with Crippen molar-refractivity contribution in [3.8, 4) is 0 Å². The molecule has 3 heterocycles. The zero-order chi connectivity index (χ0) is 28.4. The molecule has 10 heteroatoms. The summed E-state index contributed by atoms with van der Waals surface area (Å²) >= 11 is 0. The molecule has 0 N–H and O–H groups in total. The Hall–Kier alpha value is -3.68. The van der Waals surface area contributed by atoms with Gasteiger partial charge in [0.05, 0.1) is 6.04 Å². The first-order valence-electron chi connectivity index (χ1n) is 13.9. The molecule has 3 aromatic carbocycles. The number of halogens is 1. The minimum absolute atomic E-state index is 0. The van der Waals surface area contributed by atoms with Crippen LogP contribution in [0.2, 0.25) is 0 Å². The van der Waals surface area contributed by atoms with Crippen molar-refractivity contribution in [1.29, 1.82) is 0 Å². The van der Waals surface area contributed by atoms with Gasteiger partial charge in [-0.05, 0) is 49.7 Å². The average molecular weight is 651 g/mol. The van der Waals surface area contributed by atoms with E-state index >= 15 is 0 Å². The molecule has 218 valence electrons. The van der Waals surface area contributed by atoms with Crippen molar-refractivity contribution >= 4 is 35.2 Å². The van der Waals surface area contributed by atoms with Crippen LogP contribution in [0.5, 0.6) is 0 Å². The third kappa shape index (κ3) is 5.43. The predicted octanol–water partition coefficient (Wildman–Crippen LogP) is 0.851. The quantitative estimate of drug-likeness (QED) is 0.276. The first kappa shape index (κ1) is 29.8. The first-order valence-corrected chi connectivity index (χ1v) is 15.7. The molecule has 0 radical (unpaired) electrons. The topological polar surface area (TPSA) is 93.2 Å². The van der Waals surface area contributed by atoms with Gasteiger partial charge in [0.1, 0.15) is 23.2 Å². The third-order valence-electron chi connectivity index (χ3n) is 8.19. The van der Waals surface area contributed by atoms with Crippen LogP contribution in [0.4, 0.5) is 4.79 Å². The molecule has 0 bridgehead atoms. The van der Waals surface area contributed by atoms with Crippen LogP contribution in [-0.4, -0.2) is 53.1 Å². The normalized spacial score (nSPS) is 18.6. The Bertz CT molecular complexity index is 1480. The van der Waals surface area contributed by atoms with E-state index in [-0.39, 0.29) is 52.7 Å². The Morgan fingerprint density at radius 1 is 0.833 bits per heavy atom.